The third-order valence-corrected chi connectivity index (χ3v) is 5.69. The molecule has 2 heterocycles. The average Bonchev–Trinajstić information content (AvgIpc) is 2.52. The third kappa shape index (κ3) is 4.25. The van der Waals surface area contributed by atoms with Gasteiger partial charge in [0, 0.05) is 5.92 Å². The number of ether oxygens (including phenoxy) is 2. The Hall–Kier alpha value is -1.10. The zero-order valence-corrected chi connectivity index (χ0v) is 14.9. The van der Waals surface area contributed by atoms with Crippen LogP contribution < -0.4 is 0 Å². The molecule has 0 aromatic carbocycles. The van der Waals surface area contributed by atoms with Crippen molar-refractivity contribution in [3.63, 3.8) is 0 Å². The van der Waals surface area contributed by atoms with E-state index in [1.807, 2.05) is 0 Å². The van der Waals surface area contributed by atoms with Gasteiger partial charge in [-0.1, -0.05) is 0 Å². The van der Waals surface area contributed by atoms with E-state index in [1.54, 1.807) is 13.8 Å². The van der Waals surface area contributed by atoms with E-state index in [0.29, 0.717) is 31.6 Å². The lowest BCUT2D eigenvalue weighted by molar-refractivity contribution is -0.947. The van der Waals surface area contributed by atoms with Crippen molar-refractivity contribution in [1.82, 2.24) is 0 Å². The van der Waals surface area contributed by atoms with Crippen molar-refractivity contribution in [3.05, 3.63) is 0 Å². The standard InChI is InChI=1S/C18H32NO4/c1-4-22-17(20)15(18(21)23-5-2)13-14-9-8-12-19(3)11-7-6-10-16(14)19/h14-16H,4-13H2,1-3H3/q+1/t14-,16+,19+/m0/s1. The zero-order chi connectivity index (χ0) is 16.9. The second-order valence-corrected chi connectivity index (χ2v) is 7.18. The molecule has 0 radical (unpaired) electrons. The number of rotatable bonds is 6. The third-order valence-electron chi connectivity index (χ3n) is 5.69. The van der Waals surface area contributed by atoms with Crippen LogP contribution in [0.5, 0.6) is 0 Å². The van der Waals surface area contributed by atoms with E-state index in [2.05, 4.69) is 7.05 Å². The molecule has 2 fully saturated rings. The van der Waals surface area contributed by atoms with Crippen molar-refractivity contribution in [3.8, 4) is 0 Å². The van der Waals surface area contributed by atoms with Crippen LogP contribution in [0.15, 0.2) is 0 Å². The van der Waals surface area contributed by atoms with Crippen molar-refractivity contribution < 1.29 is 23.5 Å². The molecular formula is C18H32NO4+. The molecule has 2 aliphatic heterocycles. The van der Waals surface area contributed by atoms with Crippen LogP contribution in [0.25, 0.3) is 0 Å². The van der Waals surface area contributed by atoms with Crippen molar-refractivity contribution in [2.24, 2.45) is 11.8 Å². The Morgan fingerprint density at radius 2 is 1.61 bits per heavy atom. The molecule has 0 aromatic rings. The van der Waals surface area contributed by atoms with Gasteiger partial charge in [-0.25, -0.2) is 0 Å². The van der Waals surface area contributed by atoms with Crippen LogP contribution in [0.2, 0.25) is 0 Å². The second kappa shape index (κ2) is 8.13. The molecule has 23 heavy (non-hydrogen) atoms. The summed E-state index contributed by atoms with van der Waals surface area (Å²) in [6.07, 6.45) is 6.62. The highest BCUT2D eigenvalue weighted by Gasteiger charge is 2.46. The van der Waals surface area contributed by atoms with Gasteiger partial charge in [-0.2, -0.15) is 0 Å². The first-order valence-electron chi connectivity index (χ1n) is 9.19. The molecule has 0 amide bonds. The van der Waals surface area contributed by atoms with Crippen molar-refractivity contribution >= 4 is 11.9 Å². The number of esters is 2. The number of hydrogen-bond donors (Lipinski definition) is 0. The summed E-state index contributed by atoms with van der Waals surface area (Å²) in [7, 11) is 2.35. The molecule has 2 aliphatic rings. The Morgan fingerprint density at radius 1 is 1.00 bits per heavy atom. The lowest BCUT2D eigenvalue weighted by Gasteiger charge is -2.51. The van der Waals surface area contributed by atoms with Gasteiger partial charge in [-0.3, -0.25) is 9.59 Å². The number of carbonyl (C=O) groups excluding carboxylic acids is 2. The van der Waals surface area contributed by atoms with E-state index in [4.69, 9.17) is 9.47 Å². The van der Waals surface area contributed by atoms with Crippen LogP contribution in [-0.4, -0.2) is 55.8 Å². The highest BCUT2D eigenvalue weighted by Crippen LogP contribution is 2.39. The molecule has 0 saturated carbocycles. The SMILES string of the molecule is CCOC(=O)C(C[C@@H]1CCC[N@@+]2(C)CCCC[C@H]12)C(=O)OCC. The van der Waals surface area contributed by atoms with Crippen molar-refractivity contribution in [2.45, 2.75) is 58.4 Å². The van der Waals surface area contributed by atoms with Crippen LogP contribution in [0.4, 0.5) is 0 Å². The first kappa shape index (κ1) is 18.2. The number of carbonyl (C=O) groups is 2. The predicted octanol–water partition coefficient (Wildman–Crippen LogP) is 2.53. The minimum Gasteiger partial charge on any atom is -0.465 e. The normalized spacial score (nSPS) is 30.6. The van der Waals surface area contributed by atoms with Crippen LogP contribution in [0, 0.1) is 11.8 Å². The molecule has 0 N–H and O–H groups in total. The van der Waals surface area contributed by atoms with E-state index in [-0.39, 0.29) is 0 Å². The fourth-order valence-corrected chi connectivity index (χ4v) is 4.59. The predicted molar refractivity (Wildman–Crippen MR) is 87.7 cm³/mol. The quantitative estimate of drug-likeness (QED) is 0.427. The zero-order valence-electron chi connectivity index (χ0n) is 14.9. The second-order valence-electron chi connectivity index (χ2n) is 7.18. The first-order valence-corrected chi connectivity index (χ1v) is 9.19. The maximum atomic E-state index is 12.2. The Bertz CT molecular complexity index is 403. The summed E-state index contributed by atoms with van der Waals surface area (Å²) >= 11 is 0. The van der Waals surface area contributed by atoms with Gasteiger partial charge in [0.2, 0.25) is 0 Å². The molecule has 5 nitrogen and oxygen atoms in total. The summed E-state index contributed by atoms with van der Waals surface area (Å²) in [6.45, 7) is 6.61. The van der Waals surface area contributed by atoms with Gasteiger partial charge in [-0.05, 0) is 52.4 Å². The van der Waals surface area contributed by atoms with Gasteiger partial charge in [0.25, 0.3) is 0 Å². The molecule has 0 spiro atoms. The summed E-state index contributed by atoms with van der Waals surface area (Å²) in [6, 6.07) is 0.573. The first-order chi connectivity index (χ1) is 11.0. The number of hydrogen-bond acceptors (Lipinski definition) is 4. The molecule has 0 unspecified atom stereocenters. The largest absolute Gasteiger partial charge is 0.465 e. The molecule has 2 saturated heterocycles. The molecular weight excluding hydrogens is 294 g/mol. The molecule has 5 heteroatoms. The van der Waals surface area contributed by atoms with E-state index in [9.17, 15) is 9.59 Å². The number of nitrogens with zero attached hydrogens (tertiary/aromatic N) is 1. The van der Waals surface area contributed by atoms with Gasteiger partial charge in [0.1, 0.15) is 0 Å². The molecule has 3 atom stereocenters. The van der Waals surface area contributed by atoms with E-state index >= 15 is 0 Å². The van der Waals surface area contributed by atoms with E-state index in [0.717, 1.165) is 10.9 Å². The van der Waals surface area contributed by atoms with Crippen LogP contribution >= 0.6 is 0 Å². The summed E-state index contributed by atoms with van der Waals surface area (Å²) in [4.78, 5) is 24.5. The van der Waals surface area contributed by atoms with Crippen molar-refractivity contribution in [2.75, 3.05) is 33.4 Å². The van der Waals surface area contributed by atoms with Crippen LogP contribution in [0.1, 0.15) is 52.4 Å². The maximum Gasteiger partial charge on any atom is 0.320 e. The fraction of sp³-hybridized carbons (Fsp3) is 0.889. The highest BCUT2D eigenvalue weighted by atomic mass is 16.6. The topological polar surface area (TPSA) is 52.6 Å². The Morgan fingerprint density at radius 3 is 2.22 bits per heavy atom. The van der Waals surface area contributed by atoms with E-state index < -0.39 is 17.9 Å². The minimum absolute atomic E-state index is 0.302. The molecule has 0 aliphatic carbocycles. The van der Waals surface area contributed by atoms with Crippen LogP contribution in [0.3, 0.4) is 0 Å². The monoisotopic (exact) mass is 326 g/mol. The lowest BCUT2D eigenvalue weighted by Crippen LogP contribution is -2.61. The van der Waals surface area contributed by atoms with Crippen molar-refractivity contribution in [1.29, 1.82) is 0 Å². The van der Waals surface area contributed by atoms with Gasteiger partial charge >= 0.3 is 11.9 Å². The van der Waals surface area contributed by atoms with Gasteiger partial charge in [0.15, 0.2) is 5.92 Å². The number of fused-ring (bicyclic) bond motifs is 1. The number of quaternary nitrogens is 1. The summed E-state index contributed by atoms with van der Waals surface area (Å²) in [5, 5.41) is 0. The summed E-state index contributed by atoms with van der Waals surface area (Å²) in [5.41, 5.74) is 0. The smallest absolute Gasteiger partial charge is 0.320 e. The summed E-state index contributed by atoms with van der Waals surface area (Å²) < 4.78 is 11.4. The molecule has 132 valence electrons. The van der Waals surface area contributed by atoms with Gasteiger partial charge < -0.3 is 14.0 Å². The Labute approximate surface area is 139 Å². The van der Waals surface area contributed by atoms with E-state index in [1.165, 1.54) is 38.8 Å². The highest BCUT2D eigenvalue weighted by molar-refractivity contribution is 5.94. The lowest BCUT2D eigenvalue weighted by atomic mass is 9.77. The van der Waals surface area contributed by atoms with Gasteiger partial charge in [0.05, 0.1) is 39.4 Å². The molecule has 0 aromatic heterocycles. The summed E-state index contributed by atoms with van der Waals surface area (Å²) in [5.74, 6) is -1.18. The minimum atomic E-state index is -0.756. The average molecular weight is 326 g/mol. The molecule has 0 bridgehead atoms. The Kier molecular flexibility index (Phi) is 6.45. The van der Waals surface area contributed by atoms with Gasteiger partial charge in [-0.15, -0.1) is 0 Å². The Balaban J connectivity index is 2.10. The fourth-order valence-electron chi connectivity index (χ4n) is 4.59. The van der Waals surface area contributed by atoms with Crippen LogP contribution in [-0.2, 0) is 19.1 Å². The number of piperidine rings is 2. The maximum absolute atomic E-state index is 12.2. The molecule has 2 rings (SSSR count).